The molecule has 0 unspecified atom stereocenters. The van der Waals surface area contributed by atoms with Gasteiger partial charge >= 0.3 is 6.03 Å². The van der Waals surface area contributed by atoms with E-state index in [2.05, 4.69) is 15.6 Å². The Balaban J connectivity index is 1.38. The second-order valence-electron chi connectivity index (χ2n) is 8.23. The maximum Gasteiger partial charge on any atom is 0.323 e. The molecule has 1 heterocycles. The molecule has 37 heavy (non-hydrogen) atoms. The van der Waals surface area contributed by atoms with Crippen molar-refractivity contribution in [1.29, 1.82) is 0 Å². The smallest absolute Gasteiger partial charge is 0.323 e. The van der Waals surface area contributed by atoms with Gasteiger partial charge in [0.05, 0.1) is 25.4 Å². The van der Waals surface area contributed by atoms with E-state index in [1.165, 1.54) is 0 Å². The van der Waals surface area contributed by atoms with E-state index in [0.717, 1.165) is 16.2 Å². The van der Waals surface area contributed by atoms with E-state index in [0.29, 0.717) is 45.5 Å². The van der Waals surface area contributed by atoms with Crippen LogP contribution < -0.4 is 24.8 Å². The van der Waals surface area contributed by atoms with E-state index in [1.807, 2.05) is 42.5 Å². The second kappa shape index (κ2) is 10.4. The number of fused-ring (bicyclic) bond motifs is 2. The maximum absolute atomic E-state index is 12.7. The zero-order valence-electron chi connectivity index (χ0n) is 20.2. The molecule has 7 nitrogen and oxygen atoms in total. The van der Waals surface area contributed by atoms with Gasteiger partial charge in [0, 0.05) is 28.7 Å². The first-order chi connectivity index (χ1) is 18.1. The Morgan fingerprint density at radius 2 is 1.62 bits per heavy atom. The molecule has 0 fully saturated rings. The summed E-state index contributed by atoms with van der Waals surface area (Å²) in [6.07, 6.45) is 1.68. The van der Waals surface area contributed by atoms with Crippen LogP contribution in [0.25, 0.3) is 21.7 Å². The van der Waals surface area contributed by atoms with Gasteiger partial charge in [-0.1, -0.05) is 24.3 Å². The third-order valence-corrected chi connectivity index (χ3v) is 5.90. The van der Waals surface area contributed by atoms with E-state index >= 15 is 0 Å². The molecular weight excluding hydrogens is 473 g/mol. The van der Waals surface area contributed by atoms with E-state index in [1.54, 1.807) is 56.8 Å². The lowest BCUT2D eigenvalue weighted by Gasteiger charge is -2.14. The molecule has 8 heteroatoms. The Morgan fingerprint density at radius 3 is 2.38 bits per heavy atom. The third-order valence-electron chi connectivity index (χ3n) is 5.90. The predicted molar refractivity (Wildman–Crippen MR) is 143 cm³/mol. The summed E-state index contributed by atoms with van der Waals surface area (Å²) in [5, 5.41) is 8.17. The van der Waals surface area contributed by atoms with Crippen LogP contribution in [-0.4, -0.2) is 25.2 Å². The largest absolute Gasteiger partial charge is 0.493 e. The minimum absolute atomic E-state index is 0.395. The first kappa shape index (κ1) is 23.9. The van der Waals surface area contributed by atoms with Crippen molar-refractivity contribution in [2.45, 2.75) is 6.67 Å². The number of pyridine rings is 1. The summed E-state index contributed by atoms with van der Waals surface area (Å²) < 4.78 is 29.8. The van der Waals surface area contributed by atoms with Gasteiger partial charge in [0.25, 0.3) is 0 Å². The summed E-state index contributed by atoms with van der Waals surface area (Å²) in [7, 11) is 3.16. The summed E-state index contributed by atoms with van der Waals surface area (Å²) >= 11 is 0. The van der Waals surface area contributed by atoms with Crippen LogP contribution in [0.5, 0.6) is 23.0 Å². The number of hydrogen-bond acceptors (Lipinski definition) is 5. The molecular formula is C29H24FN3O4. The van der Waals surface area contributed by atoms with Crippen LogP contribution in [-0.2, 0) is 6.67 Å². The fourth-order valence-corrected chi connectivity index (χ4v) is 4.06. The van der Waals surface area contributed by atoms with Gasteiger partial charge < -0.3 is 24.8 Å². The molecule has 0 atom stereocenters. The molecule has 4 aromatic carbocycles. The van der Waals surface area contributed by atoms with Crippen LogP contribution in [0.15, 0.2) is 85.1 Å². The predicted octanol–water partition coefficient (Wildman–Crippen LogP) is 7.31. The summed E-state index contributed by atoms with van der Waals surface area (Å²) in [4.78, 5) is 17.0. The van der Waals surface area contributed by atoms with Crippen molar-refractivity contribution in [1.82, 2.24) is 4.98 Å². The number of carbonyl (C=O) groups is 1. The molecule has 5 rings (SSSR count). The van der Waals surface area contributed by atoms with Gasteiger partial charge in [-0.2, -0.15) is 0 Å². The summed E-state index contributed by atoms with van der Waals surface area (Å²) in [6.45, 7) is -0.547. The molecule has 1 aromatic heterocycles. The normalized spacial score (nSPS) is 10.8. The Kier molecular flexibility index (Phi) is 6.72. The Bertz CT molecular complexity index is 1590. The summed E-state index contributed by atoms with van der Waals surface area (Å²) in [6, 6.07) is 22.9. The molecule has 186 valence electrons. The van der Waals surface area contributed by atoms with Gasteiger partial charge in [0.2, 0.25) is 0 Å². The third kappa shape index (κ3) is 5.08. The molecule has 2 amide bonds. The minimum Gasteiger partial charge on any atom is -0.493 e. The summed E-state index contributed by atoms with van der Waals surface area (Å²) in [5.41, 5.74) is 2.49. The molecule has 0 spiro atoms. The van der Waals surface area contributed by atoms with Crippen LogP contribution in [0.1, 0.15) is 5.56 Å². The lowest BCUT2D eigenvalue weighted by Crippen LogP contribution is -2.19. The number of rotatable bonds is 7. The topological polar surface area (TPSA) is 81.7 Å². The number of aromatic nitrogens is 1. The van der Waals surface area contributed by atoms with E-state index in [9.17, 15) is 9.18 Å². The van der Waals surface area contributed by atoms with Crippen LogP contribution >= 0.6 is 0 Å². The molecule has 0 bridgehead atoms. The highest BCUT2D eigenvalue weighted by Crippen LogP contribution is 2.37. The van der Waals surface area contributed by atoms with Crippen molar-refractivity contribution in [2.24, 2.45) is 0 Å². The Hall–Kier alpha value is -4.85. The van der Waals surface area contributed by atoms with Gasteiger partial charge in [0.1, 0.15) is 18.2 Å². The number of alkyl halides is 1. The Labute approximate surface area is 212 Å². The number of anilines is 2. The Morgan fingerprint density at radius 1 is 0.838 bits per heavy atom. The highest BCUT2D eigenvalue weighted by Gasteiger charge is 2.12. The van der Waals surface area contributed by atoms with Crippen molar-refractivity contribution in [3.63, 3.8) is 0 Å². The monoisotopic (exact) mass is 497 g/mol. The number of benzene rings is 4. The zero-order chi connectivity index (χ0) is 25.8. The van der Waals surface area contributed by atoms with Crippen LogP contribution in [0.4, 0.5) is 20.6 Å². The molecule has 5 aromatic rings. The van der Waals surface area contributed by atoms with E-state index in [4.69, 9.17) is 14.2 Å². The second-order valence-corrected chi connectivity index (χ2v) is 8.23. The van der Waals surface area contributed by atoms with E-state index in [-0.39, 0.29) is 0 Å². The number of nitrogens with one attached hydrogen (secondary N) is 2. The molecule has 0 aliphatic carbocycles. The number of methoxy groups -OCH3 is 2. The van der Waals surface area contributed by atoms with Gasteiger partial charge in [-0.15, -0.1) is 0 Å². The van der Waals surface area contributed by atoms with Gasteiger partial charge in [0.15, 0.2) is 11.5 Å². The highest BCUT2D eigenvalue weighted by molar-refractivity contribution is 6.06. The van der Waals surface area contributed by atoms with Crippen molar-refractivity contribution < 1.29 is 23.4 Å². The summed E-state index contributed by atoms with van der Waals surface area (Å²) in [5.74, 6) is 2.42. The average Bonchev–Trinajstić information content (AvgIpc) is 2.93. The molecule has 0 aliphatic heterocycles. The quantitative estimate of drug-likeness (QED) is 0.246. The highest BCUT2D eigenvalue weighted by atomic mass is 19.1. The first-order valence-electron chi connectivity index (χ1n) is 11.5. The molecule has 0 aliphatic rings. The van der Waals surface area contributed by atoms with Gasteiger partial charge in [-0.3, -0.25) is 4.98 Å². The number of ether oxygens (including phenoxy) is 3. The fraction of sp³-hybridized carbons (Fsp3) is 0.103. The van der Waals surface area contributed by atoms with Gasteiger partial charge in [-0.05, 0) is 59.5 Å². The van der Waals surface area contributed by atoms with Crippen LogP contribution in [0.3, 0.4) is 0 Å². The van der Waals surface area contributed by atoms with Crippen molar-refractivity contribution in [2.75, 3.05) is 24.9 Å². The number of nitrogens with zero attached hydrogens (tertiary/aromatic N) is 1. The lowest BCUT2D eigenvalue weighted by molar-refractivity contribution is 0.262. The fourth-order valence-electron chi connectivity index (χ4n) is 4.06. The van der Waals surface area contributed by atoms with Crippen LogP contribution in [0.2, 0.25) is 0 Å². The lowest BCUT2D eigenvalue weighted by atomic mass is 10.1. The number of urea groups is 1. The van der Waals surface area contributed by atoms with Crippen molar-refractivity contribution >= 4 is 39.1 Å². The molecule has 0 saturated carbocycles. The molecule has 0 saturated heterocycles. The zero-order valence-corrected chi connectivity index (χ0v) is 20.2. The van der Waals surface area contributed by atoms with Crippen molar-refractivity contribution in [3.8, 4) is 23.0 Å². The minimum atomic E-state index is -0.547. The average molecular weight is 498 g/mol. The standard InChI is InChI=1S/C29H24FN3O4/c1-35-27-15-23-25(16-28(27)36-2)31-13-12-26(23)37-21-10-11-22-19(14-21)4-3-5-24(22)33-29(34)32-20-8-6-18(17-30)7-9-20/h3-16H,17H2,1-2H3,(H2,32,33,34). The van der Waals surface area contributed by atoms with Gasteiger partial charge in [-0.25, -0.2) is 9.18 Å². The number of carbonyl (C=O) groups excluding carboxylic acids is 1. The van der Waals surface area contributed by atoms with Crippen molar-refractivity contribution in [3.05, 3.63) is 90.6 Å². The molecule has 2 N–H and O–H groups in total. The number of halogens is 1. The molecule has 0 radical (unpaired) electrons. The van der Waals surface area contributed by atoms with E-state index < -0.39 is 12.7 Å². The maximum atomic E-state index is 12.7. The first-order valence-corrected chi connectivity index (χ1v) is 11.5. The number of hydrogen-bond donors (Lipinski definition) is 2. The SMILES string of the molecule is COc1cc2nccc(Oc3ccc4c(NC(=O)Nc5ccc(CF)cc5)cccc4c3)c2cc1OC. The number of amides is 2. The van der Waals surface area contributed by atoms with Crippen LogP contribution in [0, 0.1) is 0 Å².